The average Bonchev–Trinajstić information content (AvgIpc) is 3.61. The van der Waals surface area contributed by atoms with Crippen LogP contribution in [0.4, 0.5) is 19.0 Å². The van der Waals surface area contributed by atoms with Crippen LogP contribution in [-0.4, -0.2) is 86.3 Å². The minimum Gasteiger partial charge on any atom is -0.508 e. The lowest BCUT2D eigenvalue weighted by Crippen LogP contribution is -2.51. The third-order valence-electron chi connectivity index (χ3n) is 9.41. The smallest absolute Gasteiger partial charge is 0.319 e. The van der Waals surface area contributed by atoms with E-state index in [1.807, 2.05) is 4.90 Å². The molecule has 4 aliphatic heterocycles. The number of rotatable bonds is 5. The Kier molecular flexibility index (Phi) is 5.80. The largest absolute Gasteiger partial charge is 0.508 e. The van der Waals surface area contributed by atoms with Gasteiger partial charge in [0.05, 0.1) is 24.2 Å². The number of anilines is 1. The zero-order chi connectivity index (χ0) is 30.4. The van der Waals surface area contributed by atoms with Gasteiger partial charge in [0.1, 0.15) is 29.8 Å². The summed E-state index contributed by atoms with van der Waals surface area (Å²) in [6.45, 7) is 2.03. The summed E-state index contributed by atoms with van der Waals surface area (Å²) in [5, 5.41) is 18.6. The van der Waals surface area contributed by atoms with E-state index in [1.165, 1.54) is 18.3 Å². The van der Waals surface area contributed by atoms with Gasteiger partial charge in [0.2, 0.25) is 0 Å². The first-order valence-electron chi connectivity index (χ1n) is 15.1. The number of fused-ring (bicyclic) bond motifs is 5. The Morgan fingerprint density at radius 3 is 2.79 bits per heavy atom. The molecule has 13 heteroatoms. The normalized spacial score (nSPS) is 29.0. The van der Waals surface area contributed by atoms with Crippen LogP contribution in [0.3, 0.4) is 0 Å². The van der Waals surface area contributed by atoms with Crippen molar-refractivity contribution in [2.24, 2.45) is 0 Å². The molecule has 4 fully saturated rings. The molecule has 0 aliphatic carbocycles. The first-order chi connectivity index (χ1) is 21.1. The van der Waals surface area contributed by atoms with Gasteiger partial charge in [0.15, 0.2) is 11.6 Å². The maximum absolute atomic E-state index is 15.1. The Morgan fingerprint density at radius 1 is 1.16 bits per heavy atom. The Bertz CT molecular complexity index is 1880. The van der Waals surface area contributed by atoms with E-state index in [9.17, 15) is 18.7 Å². The Balaban J connectivity index is 1.26. The molecule has 0 amide bonds. The van der Waals surface area contributed by atoms with Gasteiger partial charge in [0.25, 0.3) is 5.56 Å². The summed E-state index contributed by atoms with van der Waals surface area (Å²) in [6, 6.07) is 5.12. The number of phenolic OH excluding ortho intramolecular Hbond substituents is 1. The number of halogens is 3. The highest BCUT2D eigenvalue weighted by Gasteiger charge is 2.49. The predicted octanol–water partition coefficient (Wildman–Crippen LogP) is 3.21. The number of nitrogens with one attached hydrogen (secondary N) is 1. The predicted molar refractivity (Wildman–Crippen MR) is 153 cm³/mol. The zero-order valence-electron chi connectivity index (χ0n) is 24.2. The van der Waals surface area contributed by atoms with Crippen LogP contribution in [0.5, 0.6) is 11.8 Å². The minimum absolute atomic E-state index is 0.00498. The summed E-state index contributed by atoms with van der Waals surface area (Å²) in [5.74, 6) is -2.08. The molecule has 4 aliphatic rings. The number of alkyl halides is 1. The number of benzene rings is 2. The van der Waals surface area contributed by atoms with E-state index in [0.717, 1.165) is 36.1 Å². The zero-order valence-corrected chi connectivity index (χ0v) is 23.2. The molecule has 2 aromatic heterocycles. The van der Waals surface area contributed by atoms with Gasteiger partial charge in [0, 0.05) is 49.6 Å². The van der Waals surface area contributed by atoms with Crippen molar-refractivity contribution in [3.63, 3.8) is 0 Å². The fourth-order valence-corrected chi connectivity index (χ4v) is 7.44. The number of hydrogen-bond acceptors (Lipinski definition) is 9. The maximum Gasteiger partial charge on any atom is 0.319 e. The molecule has 4 aromatic rings. The van der Waals surface area contributed by atoms with E-state index in [1.54, 1.807) is 0 Å². The highest BCUT2D eigenvalue weighted by Crippen LogP contribution is 2.40. The number of piperazine rings is 1. The molecule has 0 unspecified atom stereocenters. The number of aromatic hydroxyl groups is 1. The number of nitrogens with zero attached hydrogens (tertiary/aromatic N) is 6. The molecule has 0 saturated carbocycles. The van der Waals surface area contributed by atoms with Gasteiger partial charge in [-0.05, 0) is 49.7 Å². The lowest BCUT2D eigenvalue weighted by atomic mass is 9.95. The van der Waals surface area contributed by atoms with Crippen LogP contribution in [-0.2, 0) is 0 Å². The third kappa shape index (κ3) is 4.31. The lowest BCUT2D eigenvalue weighted by molar-refractivity contribution is 0.107. The molecule has 8 rings (SSSR count). The van der Waals surface area contributed by atoms with E-state index >= 15 is 4.39 Å². The molecule has 4 atom stereocenters. The van der Waals surface area contributed by atoms with E-state index in [2.05, 4.69) is 20.3 Å². The molecule has 43 heavy (non-hydrogen) atoms. The first-order valence-corrected chi connectivity index (χ1v) is 14.6. The van der Waals surface area contributed by atoms with Crippen LogP contribution in [0.1, 0.15) is 33.5 Å². The highest BCUT2D eigenvalue weighted by atomic mass is 19.2. The Hall–Kier alpha value is -3.97. The van der Waals surface area contributed by atoms with Gasteiger partial charge in [-0.3, -0.25) is 9.69 Å². The van der Waals surface area contributed by atoms with Gasteiger partial charge in [-0.2, -0.15) is 19.7 Å². The van der Waals surface area contributed by atoms with Gasteiger partial charge in [-0.15, -0.1) is 0 Å². The average molecular weight is 595 g/mol. The Morgan fingerprint density at radius 2 is 1.98 bits per heavy atom. The van der Waals surface area contributed by atoms with Gasteiger partial charge in [-0.1, -0.05) is 6.07 Å². The standard InChI is InChI=1S/C30H30F3N7O3/c31-17-10-30(6-1-7-39(30)12-17)15-43-29-36-26-21(27(37-29)38-13-18-3-4-19(14-38)35-18)11-34-40(28(26)42)23-9-20(41)8-16-2-5-22(32)25(33)24(16)23/h2,5,8-9,11,17-19,35,41H,1,3-4,6-7,10,12-15H2/t17-,18-,19+,30+/m1/s1/i17D. The summed E-state index contributed by atoms with van der Waals surface area (Å²) >= 11 is 0. The van der Waals surface area contributed by atoms with Gasteiger partial charge >= 0.3 is 6.01 Å². The van der Waals surface area contributed by atoms with E-state index in [4.69, 9.17) is 11.1 Å². The molecular formula is C30H30F3N7O3. The topological polar surface area (TPSA) is 109 Å². The van der Waals surface area contributed by atoms with Crippen molar-refractivity contribution in [3.8, 4) is 17.4 Å². The van der Waals surface area contributed by atoms with Crippen molar-refractivity contribution in [1.82, 2.24) is 30.0 Å². The van der Waals surface area contributed by atoms with E-state index in [-0.39, 0.29) is 65.4 Å². The number of hydrogen-bond donors (Lipinski definition) is 2. The summed E-state index contributed by atoms with van der Waals surface area (Å²) in [4.78, 5) is 27.3. The van der Waals surface area contributed by atoms with Crippen molar-refractivity contribution >= 4 is 27.5 Å². The third-order valence-corrected chi connectivity index (χ3v) is 9.41. The summed E-state index contributed by atoms with van der Waals surface area (Å²) in [7, 11) is 0. The number of phenols is 1. The number of ether oxygens (including phenoxy) is 1. The second-order valence-electron chi connectivity index (χ2n) is 12.2. The number of aromatic nitrogens is 4. The second kappa shape index (κ2) is 9.78. The summed E-state index contributed by atoms with van der Waals surface area (Å²) in [6.07, 6.45) is 2.91. The first kappa shape index (κ1) is 25.5. The SMILES string of the molecule is [2H][C@]1(F)CN2CCC[C@@]2(COc2nc(N3C[C@H]4CC[C@@H](C3)N4)c3cnn(-c4cc(O)cc5ccc(F)c(F)c45)c(=O)c3n2)C1. The van der Waals surface area contributed by atoms with Crippen molar-refractivity contribution in [1.29, 1.82) is 0 Å². The van der Waals surface area contributed by atoms with E-state index in [0.29, 0.717) is 37.3 Å². The molecule has 2 aromatic carbocycles. The van der Waals surface area contributed by atoms with Gasteiger partial charge < -0.3 is 20.1 Å². The maximum atomic E-state index is 15.1. The van der Waals surface area contributed by atoms with Crippen LogP contribution >= 0.6 is 0 Å². The second-order valence-corrected chi connectivity index (χ2v) is 12.2. The van der Waals surface area contributed by atoms with Gasteiger partial charge in [-0.25, -0.2) is 13.2 Å². The highest BCUT2D eigenvalue weighted by molar-refractivity contribution is 5.93. The van der Waals surface area contributed by atoms with Crippen molar-refractivity contribution < 1.29 is 24.4 Å². The molecule has 6 heterocycles. The molecule has 2 bridgehead atoms. The molecule has 0 spiro atoms. The van der Waals surface area contributed by atoms with E-state index < -0.39 is 28.9 Å². The molecule has 2 N–H and O–H groups in total. The fraction of sp³-hybridized carbons (Fsp3) is 0.467. The molecule has 4 saturated heterocycles. The summed E-state index contributed by atoms with van der Waals surface area (Å²) in [5.41, 5.74) is -1.59. The van der Waals surface area contributed by atoms with Crippen LogP contribution in [0.15, 0.2) is 35.3 Å². The molecule has 224 valence electrons. The monoisotopic (exact) mass is 594 g/mol. The fourth-order valence-electron chi connectivity index (χ4n) is 7.44. The lowest BCUT2D eigenvalue weighted by Gasteiger charge is -2.34. The molecular weight excluding hydrogens is 563 g/mol. The van der Waals surface area contributed by atoms with Crippen molar-refractivity contribution in [2.75, 3.05) is 37.7 Å². The van der Waals surface area contributed by atoms with Crippen LogP contribution in [0.25, 0.3) is 27.4 Å². The van der Waals surface area contributed by atoms with Crippen molar-refractivity contribution in [3.05, 3.63) is 52.5 Å². The van der Waals surface area contributed by atoms with Crippen LogP contribution < -0.4 is 20.5 Å². The summed E-state index contributed by atoms with van der Waals surface area (Å²) < 4.78 is 59.2. The molecule has 0 radical (unpaired) electrons. The Labute approximate surface area is 245 Å². The van der Waals surface area contributed by atoms with Crippen molar-refractivity contribution in [2.45, 2.75) is 55.9 Å². The van der Waals surface area contributed by atoms with Crippen LogP contribution in [0, 0.1) is 11.6 Å². The molecule has 10 nitrogen and oxygen atoms in total. The minimum atomic E-state index is -2.07. The van der Waals surface area contributed by atoms with Crippen LogP contribution in [0.2, 0.25) is 0 Å². The quantitative estimate of drug-likeness (QED) is 0.360.